The van der Waals surface area contributed by atoms with Gasteiger partial charge in [-0.25, -0.2) is 0 Å². The molecule has 4 rings (SSSR count). The van der Waals surface area contributed by atoms with E-state index in [1.165, 1.54) is 128 Å². The van der Waals surface area contributed by atoms with Gasteiger partial charge >= 0.3 is 0 Å². The lowest BCUT2D eigenvalue weighted by molar-refractivity contribution is 0.0564. The van der Waals surface area contributed by atoms with Crippen LogP contribution in [0.4, 0.5) is 0 Å². The molecule has 6 atom stereocenters. The molecule has 0 aromatic carbocycles. The van der Waals surface area contributed by atoms with Gasteiger partial charge in [0.25, 0.3) is 0 Å². The van der Waals surface area contributed by atoms with Gasteiger partial charge in [-0.05, 0) is 154 Å². The molecule has 0 bridgehead atoms. The third kappa shape index (κ3) is 31.1. The predicted octanol–water partition coefficient (Wildman–Crippen LogP) is 19.4. The van der Waals surface area contributed by atoms with Gasteiger partial charge in [0, 0.05) is 7.11 Å². The summed E-state index contributed by atoms with van der Waals surface area (Å²) in [4.78, 5) is 0. The SMILES string of the molecule is C=C(CC)C1CCC(C)CC1.C=C(CC1CCC(OC)CC1)C(C)C1CC(C)C(C(C)C(CCCC)CC(C)C)C1.C=CC.CC(C)(C)C.CC1CC1.CCC(C)C. The summed E-state index contributed by atoms with van der Waals surface area (Å²) in [6.07, 6.45) is 28.2. The lowest BCUT2D eigenvalue weighted by Crippen LogP contribution is -2.24. The average Bonchev–Trinajstić information content (AvgIpc) is 3.86. The van der Waals surface area contributed by atoms with Gasteiger partial charge in [0.15, 0.2) is 0 Å². The quantitative estimate of drug-likeness (QED) is 0.150. The molecule has 4 saturated carbocycles. The molecule has 346 valence electrons. The van der Waals surface area contributed by atoms with Crippen molar-refractivity contribution in [2.45, 2.75) is 246 Å². The van der Waals surface area contributed by atoms with Crippen LogP contribution >= 0.6 is 0 Å². The Morgan fingerprint density at radius 1 is 0.741 bits per heavy atom. The second-order valence-corrected chi connectivity index (χ2v) is 22.7. The largest absolute Gasteiger partial charge is 0.381 e. The van der Waals surface area contributed by atoms with Gasteiger partial charge in [-0.15, -0.1) is 6.58 Å². The summed E-state index contributed by atoms with van der Waals surface area (Å²) in [7, 11) is 1.87. The van der Waals surface area contributed by atoms with E-state index < -0.39 is 0 Å². The molecule has 6 unspecified atom stereocenters. The third-order valence-corrected chi connectivity index (χ3v) is 13.9. The van der Waals surface area contributed by atoms with Gasteiger partial charge < -0.3 is 4.74 Å². The Kier molecular flexibility index (Phi) is 34.5. The monoisotopic (exact) mass is 813 g/mol. The first-order valence-corrected chi connectivity index (χ1v) is 25.5. The minimum absolute atomic E-state index is 0.500. The summed E-state index contributed by atoms with van der Waals surface area (Å²) in [5, 5.41) is 0. The van der Waals surface area contributed by atoms with Crippen LogP contribution in [0.15, 0.2) is 37.0 Å². The van der Waals surface area contributed by atoms with Crippen LogP contribution in [0.5, 0.6) is 0 Å². The van der Waals surface area contributed by atoms with Crippen molar-refractivity contribution in [2.24, 2.45) is 76.4 Å². The summed E-state index contributed by atoms with van der Waals surface area (Å²) in [6.45, 7) is 51.1. The predicted molar refractivity (Wildman–Crippen MR) is 268 cm³/mol. The van der Waals surface area contributed by atoms with Gasteiger partial charge in [-0.2, -0.15) is 0 Å². The molecule has 0 N–H and O–H groups in total. The minimum Gasteiger partial charge on any atom is -0.381 e. The fourth-order valence-corrected chi connectivity index (χ4v) is 9.07. The maximum Gasteiger partial charge on any atom is 0.0571 e. The van der Waals surface area contributed by atoms with Gasteiger partial charge in [0.2, 0.25) is 0 Å². The topological polar surface area (TPSA) is 9.23 Å². The molecule has 0 heterocycles. The zero-order chi connectivity index (χ0) is 45.0. The Balaban J connectivity index is 0. The van der Waals surface area contributed by atoms with Gasteiger partial charge in [0.1, 0.15) is 0 Å². The van der Waals surface area contributed by atoms with Crippen molar-refractivity contribution in [1.29, 1.82) is 0 Å². The molecule has 0 aromatic heterocycles. The molecule has 4 fully saturated rings. The van der Waals surface area contributed by atoms with Crippen molar-refractivity contribution in [1.82, 2.24) is 0 Å². The molecule has 0 amide bonds. The fraction of sp³-hybridized carbons (Fsp3) is 0.895. The van der Waals surface area contributed by atoms with E-state index in [2.05, 4.69) is 131 Å². The lowest BCUT2D eigenvalue weighted by atomic mass is 9.73. The Morgan fingerprint density at radius 2 is 1.21 bits per heavy atom. The zero-order valence-corrected chi connectivity index (χ0v) is 43.5. The average molecular weight is 814 g/mol. The summed E-state index contributed by atoms with van der Waals surface area (Å²) in [5.74, 6) is 10.6. The van der Waals surface area contributed by atoms with E-state index >= 15 is 0 Å². The molecule has 58 heavy (non-hydrogen) atoms. The molecule has 1 heteroatoms. The molecular weight excluding hydrogens is 701 g/mol. The number of ether oxygens (including phenoxy) is 1. The number of unbranched alkanes of at least 4 members (excludes halogenated alkanes) is 1. The fourth-order valence-electron chi connectivity index (χ4n) is 9.07. The summed E-state index contributed by atoms with van der Waals surface area (Å²) in [6, 6.07) is 0. The molecule has 4 aliphatic rings. The number of methoxy groups -OCH3 is 1. The highest BCUT2D eigenvalue weighted by atomic mass is 16.5. The number of hydrogen-bond acceptors (Lipinski definition) is 1. The van der Waals surface area contributed by atoms with Crippen molar-refractivity contribution in [3.05, 3.63) is 37.0 Å². The molecule has 0 aromatic rings. The molecular formula is C57H112O. The second-order valence-electron chi connectivity index (χ2n) is 22.7. The van der Waals surface area contributed by atoms with E-state index in [0.29, 0.717) is 17.4 Å². The van der Waals surface area contributed by atoms with Gasteiger partial charge in [-0.1, -0.05) is 193 Å². The zero-order valence-electron chi connectivity index (χ0n) is 43.5. The summed E-state index contributed by atoms with van der Waals surface area (Å²) in [5.41, 5.74) is 3.53. The molecule has 0 spiro atoms. The van der Waals surface area contributed by atoms with Crippen LogP contribution in [0.3, 0.4) is 0 Å². The van der Waals surface area contributed by atoms with Gasteiger partial charge in [-0.3, -0.25) is 0 Å². The standard InChI is InChI=1S/C29H54O.C11H20.2C5H12.C4H8.C3H6/c1-9-10-11-26(16-20(2)3)24(7)29-19-27(18-22(29)5)23(6)21(4)17-25-12-14-28(30-8)15-13-25;1-4-10(3)11-7-5-9(2)6-8-11;1-5(2,3)4;1-4-5(2)3;1-4-2-3-4;1-3-2/h20,22-29H,4,9-19H2,1-3,5-8H3;9,11H,3-8H2,1-2H3;1-4H3;5H,4H2,1-3H3;4H,2-3H2,1H3;3H,1H2,2H3. The van der Waals surface area contributed by atoms with Crippen molar-refractivity contribution in [2.75, 3.05) is 7.11 Å². The third-order valence-electron chi connectivity index (χ3n) is 13.9. The van der Waals surface area contributed by atoms with Crippen LogP contribution in [0.2, 0.25) is 0 Å². The van der Waals surface area contributed by atoms with E-state index in [1.807, 2.05) is 14.0 Å². The van der Waals surface area contributed by atoms with Crippen LogP contribution in [0, 0.1) is 76.4 Å². The lowest BCUT2D eigenvalue weighted by Gasteiger charge is -2.33. The first-order chi connectivity index (χ1) is 27.1. The van der Waals surface area contributed by atoms with Crippen molar-refractivity contribution < 1.29 is 4.74 Å². The van der Waals surface area contributed by atoms with Gasteiger partial charge in [0.05, 0.1) is 6.10 Å². The van der Waals surface area contributed by atoms with E-state index in [1.54, 1.807) is 11.6 Å². The van der Waals surface area contributed by atoms with E-state index in [-0.39, 0.29) is 0 Å². The van der Waals surface area contributed by atoms with E-state index in [9.17, 15) is 0 Å². The first kappa shape index (κ1) is 59.3. The van der Waals surface area contributed by atoms with Crippen molar-refractivity contribution in [3.8, 4) is 0 Å². The minimum atomic E-state index is 0.500. The normalized spacial score (nSPS) is 26.9. The smallest absolute Gasteiger partial charge is 0.0571 e. The molecule has 0 saturated heterocycles. The van der Waals surface area contributed by atoms with Crippen LogP contribution in [0.1, 0.15) is 240 Å². The van der Waals surface area contributed by atoms with Crippen LogP contribution < -0.4 is 0 Å². The van der Waals surface area contributed by atoms with Crippen LogP contribution in [0.25, 0.3) is 0 Å². The molecule has 4 aliphatic carbocycles. The highest BCUT2D eigenvalue weighted by molar-refractivity contribution is 5.06. The van der Waals surface area contributed by atoms with E-state index in [4.69, 9.17) is 4.74 Å². The molecule has 0 aliphatic heterocycles. The van der Waals surface area contributed by atoms with Crippen molar-refractivity contribution >= 4 is 0 Å². The Morgan fingerprint density at radius 3 is 1.59 bits per heavy atom. The molecule has 1 nitrogen and oxygen atoms in total. The van der Waals surface area contributed by atoms with Crippen LogP contribution in [-0.2, 0) is 4.74 Å². The maximum absolute atomic E-state index is 5.56. The highest BCUT2D eigenvalue weighted by Crippen LogP contribution is 2.49. The van der Waals surface area contributed by atoms with Crippen LogP contribution in [-0.4, -0.2) is 13.2 Å². The number of allylic oxidation sites excluding steroid dienone is 3. The Bertz CT molecular complexity index is 969. The van der Waals surface area contributed by atoms with Crippen molar-refractivity contribution in [3.63, 3.8) is 0 Å². The number of hydrogen-bond donors (Lipinski definition) is 0. The molecule has 0 radical (unpaired) electrons. The van der Waals surface area contributed by atoms with E-state index in [0.717, 1.165) is 65.1 Å². The summed E-state index contributed by atoms with van der Waals surface area (Å²) >= 11 is 0. The Hall–Kier alpha value is -0.820. The highest BCUT2D eigenvalue weighted by Gasteiger charge is 2.40. The first-order valence-electron chi connectivity index (χ1n) is 25.5. The second kappa shape index (κ2) is 33.8. The number of rotatable bonds is 15. The Labute approximate surface area is 369 Å². The maximum atomic E-state index is 5.56. The summed E-state index contributed by atoms with van der Waals surface area (Å²) < 4.78 is 5.56.